The highest BCUT2D eigenvalue weighted by atomic mass is 79.9. The van der Waals surface area contributed by atoms with Gasteiger partial charge in [-0.15, -0.1) is 0 Å². The van der Waals surface area contributed by atoms with Crippen molar-refractivity contribution in [3.05, 3.63) is 63.9 Å². The molecule has 5 nitrogen and oxygen atoms in total. The van der Waals surface area contributed by atoms with E-state index in [0.29, 0.717) is 38.2 Å². The van der Waals surface area contributed by atoms with Gasteiger partial charge in [0.2, 0.25) is 11.8 Å². The van der Waals surface area contributed by atoms with E-state index < -0.39 is 0 Å². The first-order valence-electron chi connectivity index (χ1n) is 10.2. The van der Waals surface area contributed by atoms with Crippen LogP contribution < -0.4 is 10.6 Å². The average molecular weight is 476 g/mol. The highest BCUT2D eigenvalue weighted by Crippen LogP contribution is 2.21. The lowest BCUT2D eigenvalue weighted by molar-refractivity contribution is -0.126. The predicted molar refractivity (Wildman–Crippen MR) is 120 cm³/mol. The van der Waals surface area contributed by atoms with Crippen molar-refractivity contribution in [2.24, 2.45) is 5.92 Å². The first kappa shape index (κ1) is 22.4. The van der Waals surface area contributed by atoms with Crippen molar-refractivity contribution in [3.8, 4) is 0 Å². The summed E-state index contributed by atoms with van der Waals surface area (Å²) in [6, 6.07) is 12.3. The van der Waals surface area contributed by atoms with Crippen molar-refractivity contribution >= 4 is 33.4 Å². The Bertz CT molecular complexity index is 898. The van der Waals surface area contributed by atoms with E-state index in [2.05, 4.69) is 31.5 Å². The summed E-state index contributed by atoms with van der Waals surface area (Å²) < 4.78 is 14.6. The molecule has 1 fully saturated rings. The van der Waals surface area contributed by atoms with Crippen LogP contribution in [0.15, 0.2) is 46.9 Å². The second-order valence-corrected chi connectivity index (χ2v) is 8.55. The van der Waals surface area contributed by atoms with Crippen LogP contribution in [0.2, 0.25) is 0 Å². The molecule has 2 aromatic carbocycles. The Balaban J connectivity index is 1.37. The van der Waals surface area contributed by atoms with E-state index >= 15 is 0 Å². The van der Waals surface area contributed by atoms with Gasteiger partial charge in [-0.05, 0) is 74.7 Å². The SMILES string of the molecule is Cc1cc(NC(=O)CN2CCC(C(=O)NCCc3ccccc3F)CC2)ccc1Br. The third kappa shape index (κ3) is 6.37. The van der Waals surface area contributed by atoms with Gasteiger partial charge >= 0.3 is 0 Å². The van der Waals surface area contributed by atoms with Crippen molar-refractivity contribution < 1.29 is 14.0 Å². The molecule has 1 saturated heterocycles. The molecular weight excluding hydrogens is 449 g/mol. The molecule has 3 rings (SSSR count). The van der Waals surface area contributed by atoms with Crippen LogP contribution in [0.5, 0.6) is 0 Å². The fraction of sp³-hybridized carbons (Fsp3) is 0.391. The number of benzene rings is 2. The van der Waals surface area contributed by atoms with Crippen LogP contribution in [0.1, 0.15) is 24.0 Å². The lowest BCUT2D eigenvalue weighted by Gasteiger charge is -2.30. The van der Waals surface area contributed by atoms with Crippen LogP contribution in [-0.4, -0.2) is 42.9 Å². The van der Waals surface area contributed by atoms with Crippen LogP contribution in [0, 0.1) is 18.7 Å². The lowest BCUT2D eigenvalue weighted by Crippen LogP contribution is -2.43. The van der Waals surface area contributed by atoms with Gasteiger partial charge in [-0.3, -0.25) is 14.5 Å². The molecule has 1 aliphatic heterocycles. The first-order chi connectivity index (χ1) is 14.4. The van der Waals surface area contributed by atoms with Crippen molar-refractivity contribution in [1.29, 1.82) is 0 Å². The number of carbonyl (C=O) groups is 2. The molecule has 2 aromatic rings. The predicted octanol–water partition coefficient (Wildman–Crippen LogP) is 3.91. The summed E-state index contributed by atoms with van der Waals surface area (Å²) >= 11 is 3.45. The molecule has 0 spiro atoms. The second-order valence-electron chi connectivity index (χ2n) is 7.69. The van der Waals surface area contributed by atoms with Crippen LogP contribution in [0.25, 0.3) is 0 Å². The second kappa shape index (κ2) is 10.7. The number of piperidine rings is 1. The van der Waals surface area contributed by atoms with Crippen LogP contribution in [0.4, 0.5) is 10.1 Å². The summed E-state index contributed by atoms with van der Waals surface area (Å²) in [7, 11) is 0. The summed E-state index contributed by atoms with van der Waals surface area (Å²) in [5.74, 6) is -0.332. The van der Waals surface area contributed by atoms with Crippen molar-refractivity contribution in [2.75, 3.05) is 31.5 Å². The van der Waals surface area contributed by atoms with Crippen molar-refractivity contribution in [3.63, 3.8) is 0 Å². The lowest BCUT2D eigenvalue weighted by atomic mass is 9.96. The monoisotopic (exact) mass is 475 g/mol. The molecule has 0 radical (unpaired) electrons. The van der Waals surface area contributed by atoms with E-state index in [1.165, 1.54) is 6.07 Å². The van der Waals surface area contributed by atoms with Gasteiger partial charge in [0.1, 0.15) is 5.82 Å². The molecule has 0 aliphatic carbocycles. The van der Waals surface area contributed by atoms with Gasteiger partial charge in [0.05, 0.1) is 6.54 Å². The number of rotatable bonds is 7. The largest absolute Gasteiger partial charge is 0.356 e. The minimum Gasteiger partial charge on any atom is -0.356 e. The Morgan fingerprint density at radius 1 is 1.17 bits per heavy atom. The molecule has 160 valence electrons. The summed E-state index contributed by atoms with van der Waals surface area (Å²) in [5.41, 5.74) is 2.46. The van der Waals surface area contributed by atoms with Gasteiger partial charge < -0.3 is 10.6 Å². The number of nitrogens with zero attached hydrogens (tertiary/aromatic N) is 1. The molecule has 2 amide bonds. The molecule has 0 unspecified atom stereocenters. The standard InChI is InChI=1S/C23H27BrFN3O2/c1-16-14-19(6-7-20(16)24)27-22(29)15-28-12-9-18(10-13-28)23(30)26-11-8-17-4-2-3-5-21(17)25/h2-7,14,18H,8-13,15H2,1H3,(H,26,30)(H,27,29). The van der Waals surface area contributed by atoms with Crippen LogP contribution in [-0.2, 0) is 16.0 Å². The highest BCUT2D eigenvalue weighted by Gasteiger charge is 2.25. The van der Waals surface area contributed by atoms with Crippen LogP contribution in [0.3, 0.4) is 0 Å². The molecule has 0 atom stereocenters. The fourth-order valence-electron chi connectivity index (χ4n) is 3.65. The van der Waals surface area contributed by atoms with E-state index in [9.17, 15) is 14.0 Å². The molecule has 0 saturated carbocycles. The van der Waals surface area contributed by atoms with Crippen molar-refractivity contribution in [2.45, 2.75) is 26.2 Å². The number of aryl methyl sites for hydroxylation is 1. The molecule has 30 heavy (non-hydrogen) atoms. The van der Waals surface area contributed by atoms with Gasteiger partial charge in [0.25, 0.3) is 0 Å². The van der Waals surface area contributed by atoms with E-state index in [4.69, 9.17) is 0 Å². The zero-order valence-electron chi connectivity index (χ0n) is 17.1. The number of nitrogens with one attached hydrogen (secondary N) is 2. The van der Waals surface area contributed by atoms with Gasteiger partial charge in [0, 0.05) is 22.6 Å². The minimum atomic E-state index is -0.239. The first-order valence-corrected chi connectivity index (χ1v) is 11.0. The van der Waals surface area contributed by atoms with Crippen LogP contribution >= 0.6 is 15.9 Å². The maximum atomic E-state index is 13.6. The van der Waals surface area contributed by atoms with Gasteiger partial charge in [-0.1, -0.05) is 34.1 Å². The smallest absolute Gasteiger partial charge is 0.238 e. The van der Waals surface area contributed by atoms with Gasteiger partial charge in [0.15, 0.2) is 0 Å². The zero-order valence-corrected chi connectivity index (χ0v) is 18.7. The Morgan fingerprint density at radius 2 is 1.90 bits per heavy atom. The quantitative estimate of drug-likeness (QED) is 0.637. The average Bonchev–Trinajstić information content (AvgIpc) is 2.72. The van der Waals surface area contributed by atoms with Gasteiger partial charge in [-0.25, -0.2) is 4.39 Å². The molecule has 1 heterocycles. The van der Waals surface area contributed by atoms with Gasteiger partial charge in [-0.2, -0.15) is 0 Å². The minimum absolute atomic E-state index is 0.0146. The fourth-order valence-corrected chi connectivity index (χ4v) is 3.89. The topological polar surface area (TPSA) is 61.4 Å². The van der Waals surface area contributed by atoms with E-state index in [0.717, 1.165) is 28.6 Å². The summed E-state index contributed by atoms with van der Waals surface area (Å²) in [6.45, 7) is 4.13. The molecule has 0 aromatic heterocycles. The normalized spacial score (nSPS) is 15.0. The van der Waals surface area contributed by atoms with E-state index in [1.807, 2.05) is 25.1 Å². The Labute approximate surface area is 185 Å². The molecule has 7 heteroatoms. The number of likely N-dealkylation sites (tertiary alicyclic amines) is 1. The summed E-state index contributed by atoms with van der Waals surface area (Å²) in [5, 5.41) is 5.85. The third-order valence-corrected chi connectivity index (χ3v) is 6.31. The Morgan fingerprint density at radius 3 is 2.60 bits per heavy atom. The summed E-state index contributed by atoms with van der Waals surface area (Å²) in [4.78, 5) is 26.8. The number of hydrogen-bond donors (Lipinski definition) is 2. The van der Waals surface area contributed by atoms with E-state index in [-0.39, 0.29) is 23.5 Å². The molecular formula is C23H27BrFN3O2. The zero-order chi connectivity index (χ0) is 21.5. The number of carbonyl (C=O) groups excluding carboxylic acids is 2. The maximum absolute atomic E-state index is 13.6. The third-order valence-electron chi connectivity index (χ3n) is 5.42. The number of anilines is 1. The molecule has 1 aliphatic rings. The Hall–Kier alpha value is -2.25. The summed E-state index contributed by atoms with van der Waals surface area (Å²) in [6.07, 6.45) is 1.92. The molecule has 0 bridgehead atoms. The van der Waals surface area contributed by atoms with Crippen molar-refractivity contribution in [1.82, 2.24) is 10.2 Å². The Kier molecular flexibility index (Phi) is 7.99. The highest BCUT2D eigenvalue weighted by molar-refractivity contribution is 9.10. The maximum Gasteiger partial charge on any atom is 0.238 e. The molecule has 2 N–H and O–H groups in total. The number of halogens is 2. The number of amides is 2. The number of hydrogen-bond acceptors (Lipinski definition) is 3. The van der Waals surface area contributed by atoms with E-state index in [1.54, 1.807) is 18.2 Å².